The molecule has 1 aromatic rings. The molecule has 1 unspecified atom stereocenters. The lowest BCUT2D eigenvalue weighted by atomic mass is 10.4. The van der Waals surface area contributed by atoms with Gasteiger partial charge < -0.3 is 9.84 Å². The minimum Gasteiger partial charge on any atom is -0.488 e. The quantitative estimate of drug-likeness (QED) is 0.765. The molecule has 4 nitrogen and oxygen atoms in total. The molecule has 0 bridgehead atoms. The molecule has 0 spiro atoms. The van der Waals surface area contributed by atoms with Gasteiger partial charge in [0.05, 0.1) is 18.5 Å². The first-order valence-electron chi connectivity index (χ1n) is 4.44. The van der Waals surface area contributed by atoms with Gasteiger partial charge in [-0.25, -0.2) is 0 Å². The maximum absolute atomic E-state index is 8.98. The van der Waals surface area contributed by atoms with Crippen molar-refractivity contribution in [3.63, 3.8) is 0 Å². The fourth-order valence-corrected chi connectivity index (χ4v) is 0.894. The van der Waals surface area contributed by atoms with Gasteiger partial charge in [0.1, 0.15) is 6.61 Å². The Kier molecular flexibility index (Phi) is 3.31. The molecule has 74 valence electrons. The zero-order valence-electron chi connectivity index (χ0n) is 8.27. The van der Waals surface area contributed by atoms with Crippen LogP contribution in [0.2, 0.25) is 0 Å². The van der Waals surface area contributed by atoms with Crippen molar-refractivity contribution in [2.45, 2.75) is 32.9 Å². The Hall–Kier alpha value is -1.03. The molecule has 13 heavy (non-hydrogen) atoms. The monoisotopic (exact) mass is 184 g/mol. The SMILES string of the molecule is CC(O)COc1cnn(C(C)C)c1. The van der Waals surface area contributed by atoms with E-state index >= 15 is 0 Å². The van der Waals surface area contributed by atoms with Gasteiger partial charge >= 0.3 is 0 Å². The van der Waals surface area contributed by atoms with Gasteiger partial charge in [-0.15, -0.1) is 0 Å². The van der Waals surface area contributed by atoms with E-state index in [-0.39, 0.29) is 0 Å². The van der Waals surface area contributed by atoms with E-state index < -0.39 is 6.10 Å². The van der Waals surface area contributed by atoms with Gasteiger partial charge in [-0.2, -0.15) is 5.10 Å². The molecular weight excluding hydrogens is 168 g/mol. The van der Waals surface area contributed by atoms with E-state index in [1.807, 2.05) is 24.7 Å². The zero-order chi connectivity index (χ0) is 9.84. The van der Waals surface area contributed by atoms with Gasteiger partial charge in [0.15, 0.2) is 5.75 Å². The Bertz CT molecular complexity index is 256. The molecule has 1 atom stereocenters. The van der Waals surface area contributed by atoms with Crippen LogP contribution in [0.3, 0.4) is 0 Å². The predicted molar refractivity (Wildman–Crippen MR) is 49.8 cm³/mol. The number of nitrogens with zero attached hydrogens (tertiary/aromatic N) is 2. The minimum absolute atomic E-state index is 0.309. The fraction of sp³-hybridized carbons (Fsp3) is 0.667. The van der Waals surface area contributed by atoms with Crippen LogP contribution in [0, 0.1) is 0 Å². The highest BCUT2D eigenvalue weighted by Crippen LogP contribution is 2.12. The van der Waals surface area contributed by atoms with Crippen LogP contribution in [0.25, 0.3) is 0 Å². The molecule has 1 aromatic heterocycles. The highest BCUT2D eigenvalue weighted by molar-refractivity contribution is 5.11. The topological polar surface area (TPSA) is 47.3 Å². The number of hydrogen-bond acceptors (Lipinski definition) is 3. The Morgan fingerprint density at radius 2 is 2.23 bits per heavy atom. The Morgan fingerprint density at radius 1 is 1.54 bits per heavy atom. The standard InChI is InChI=1S/C9H16N2O2/c1-7(2)11-5-9(4-10-11)13-6-8(3)12/h4-5,7-8,12H,6H2,1-3H3. The van der Waals surface area contributed by atoms with Crippen molar-refractivity contribution in [3.8, 4) is 5.75 Å². The second kappa shape index (κ2) is 4.28. The van der Waals surface area contributed by atoms with Crippen LogP contribution in [0.4, 0.5) is 0 Å². The van der Waals surface area contributed by atoms with Crippen molar-refractivity contribution in [3.05, 3.63) is 12.4 Å². The van der Waals surface area contributed by atoms with Gasteiger partial charge in [-0.1, -0.05) is 0 Å². The maximum atomic E-state index is 8.98. The second-order valence-corrected chi connectivity index (χ2v) is 3.41. The number of aliphatic hydroxyl groups is 1. The highest BCUT2D eigenvalue weighted by atomic mass is 16.5. The molecular formula is C9H16N2O2. The summed E-state index contributed by atoms with van der Waals surface area (Å²) in [6, 6.07) is 0.337. The molecule has 0 saturated carbocycles. The molecule has 0 aliphatic carbocycles. The summed E-state index contributed by atoms with van der Waals surface area (Å²) in [6.45, 7) is 6.09. The van der Waals surface area contributed by atoms with E-state index in [0.29, 0.717) is 18.4 Å². The van der Waals surface area contributed by atoms with E-state index in [4.69, 9.17) is 9.84 Å². The van der Waals surface area contributed by atoms with E-state index in [1.165, 1.54) is 0 Å². The first kappa shape index (κ1) is 10.1. The molecule has 4 heteroatoms. The molecule has 0 radical (unpaired) electrons. The van der Waals surface area contributed by atoms with Crippen LogP contribution in [-0.2, 0) is 0 Å². The van der Waals surface area contributed by atoms with E-state index in [9.17, 15) is 0 Å². The number of ether oxygens (including phenoxy) is 1. The normalized spacial score (nSPS) is 13.3. The molecule has 0 amide bonds. The van der Waals surface area contributed by atoms with E-state index in [0.717, 1.165) is 0 Å². The van der Waals surface area contributed by atoms with Gasteiger partial charge in [-0.05, 0) is 20.8 Å². The number of hydrogen-bond donors (Lipinski definition) is 1. The Morgan fingerprint density at radius 3 is 2.69 bits per heavy atom. The summed E-state index contributed by atoms with van der Waals surface area (Å²) >= 11 is 0. The lowest BCUT2D eigenvalue weighted by molar-refractivity contribution is 0.122. The predicted octanol–water partition coefficient (Wildman–Crippen LogP) is 1.22. The van der Waals surface area contributed by atoms with Crippen molar-refractivity contribution in [2.24, 2.45) is 0 Å². The van der Waals surface area contributed by atoms with Gasteiger partial charge in [0.2, 0.25) is 0 Å². The van der Waals surface area contributed by atoms with Gasteiger partial charge in [0, 0.05) is 6.04 Å². The van der Waals surface area contributed by atoms with Crippen molar-refractivity contribution in [1.29, 1.82) is 0 Å². The summed E-state index contributed by atoms with van der Waals surface area (Å²) in [6.07, 6.45) is 3.04. The smallest absolute Gasteiger partial charge is 0.157 e. The second-order valence-electron chi connectivity index (χ2n) is 3.41. The number of rotatable bonds is 4. The molecule has 0 saturated heterocycles. The van der Waals surface area contributed by atoms with Crippen molar-refractivity contribution >= 4 is 0 Å². The van der Waals surface area contributed by atoms with Crippen molar-refractivity contribution < 1.29 is 9.84 Å². The van der Waals surface area contributed by atoms with Crippen LogP contribution in [0.1, 0.15) is 26.8 Å². The molecule has 0 aliphatic rings. The lowest BCUT2D eigenvalue weighted by Crippen LogP contribution is -2.12. The first-order chi connectivity index (χ1) is 6.09. The number of aliphatic hydroxyl groups excluding tert-OH is 1. The zero-order valence-corrected chi connectivity index (χ0v) is 8.27. The molecule has 0 aromatic carbocycles. The molecule has 1 heterocycles. The van der Waals surface area contributed by atoms with Gasteiger partial charge in [0.25, 0.3) is 0 Å². The summed E-state index contributed by atoms with van der Waals surface area (Å²) in [5, 5.41) is 13.1. The van der Waals surface area contributed by atoms with Crippen LogP contribution in [-0.4, -0.2) is 27.6 Å². The van der Waals surface area contributed by atoms with Gasteiger partial charge in [-0.3, -0.25) is 4.68 Å². The third-order valence-electron chi connectivity index (χ3n) is 1.60. The Labute approximate surface area is 78.1 Å². The Balaban J connectivity index is 2.49. The highest BCUT2D eigenvalue weighted by Gasteiger charge is 2.03. The lowest BCUT2D eigenvalue weighted by Gasteiger charge is -2.05. The first-order valence-corrected chi connectivity index (χ1v) is 4.44. The average Bonchev–Trinajstić information content (AvgIpc) is 2.48. The molecule has 0 aliphatic heterocycles. The summed E-state index contributed by atoms with van der Waals surface area (Å²) in [4.78, 5) is 0. The third kappa shape index (κ3) is 3.06. The summed E-state index contributed by atoms with van der Waals surface area (Å²) in [5.74, 6) is 0.703. The molecule has 1 N–H and O–H groups in total. The fourth-order valence-electron chi connectivity index (χ4n) is 0.894. The molecule has 1 rings (SSSR count). The minimum atomic E-state index is -0.442. The maximum Gasteiger partial charge on any atom is 0.157 e. The summed E-state index contributed by atoms with van der Waals surface area (Å²) in [5.41, 5.74) is 0. The van der Waals surface area contributed by atoms with Crippen molar-refractivity contribution in [1.82, 2.24) is 9.78 Å². The average molecular weight is 184 g/mol. The summed E-state index contributed by atoms with van der Waals surface area (Å²) in [7, 11) is 0. The summed E-state index contributed by atoms with van der Waals surface area (Å²) < 4.78 is 7.08. The third-order valence-corrected chi connectivity index (χ3v) is 1.60. The van der Waals surface area contributed by atoms with Crippen molar-refractivity contribution in [2.75, 3.05) is 6.61 Å². The van der Waals surface area contributed by atoms with Crippen LogP contribution in [0.15, 0.2) is 12.4 Å². The van der Waals surface area contributed by atoms with E-state index in [1.54, 1.807) is 13.1 Å². The molecule has 0 fully saturated rings. The number of aromatic nitrogens is 2. The van der Waals surface area contributed by atoms with Crippen LogP contribution >= 0.6 is 0 Å². The van der Waals surface area contributed by atoms with Crippen LogP contribution in [0.5, 0.6) is 5.75 Å². The van der Waals surface area contributed by atoms with Crippen LogP contribution < -0.4 is 4.74 Å². The largest absolute Gasteiger partial charge is 0.488 e. The van der Waals surface area contributed by atoms with E-state index in [2.05, 4.69) is 5.10 Å².